The van der Waals surface area contributed by atoms with Crippen LogP contribution in [0.4, 0.5) is 0 Å². The molecule has 1 atom stereocenters. The number of methoxy groups -OCH3 is 2. The molecule has 0 unspecified atom stereocenters. The van der Waals surface area contributed by atoms with Crippen LogP contribution in [0.3, 0.4) is 0 Å². The van der Waals surface area contributed by atoms with Gasteiger partial charge in [-0.05, 0) is 42.0 Å². The third-order valence-electron chi connectivity index (χ3n) is 5.21. The third kappa shape index (κ3) is 3.56. The standard InChI is InChI=1S/C21H20Cl2N2O4S/c1-28-19-8-6-15(13-20(19)29-2)30(26,27)25-11-10-24-9-3-4-18(24)21(25)16-7-5-14(22)12-17(16)23/h3-9,12-13,21H,10-11H2,1-2H3/t21-/m0/s1. The molecule has 0 amide bonds. The van der Waals surface area contributed by atoms with Crippen molar-refractivity contribution in [3.05, 3.63) is 76.0 Å². The first-order valence-electron chi connectivity index (χ1n) is 9.20. The SMILES string of the molecule is COc1ccc(S(=O)(=O)N2CCn3cccc3[C@@H]2c2ccc(Cl)cc2Cl)cc1OC. The van der Waals surface area contributed by atoms with Crippen LogP contribution in [0.2, 0.25) is 10.0 Å². The summed E-state index contributed by atoms with van der Waals surface area (Å²) in [6.45, 7) is 0.832. The van der Waals surface area contributed by atoms with E-state index in [1.165, 1.54) is 30.7 Å². The molecule has 30 heavy (non-hydrogen) atoms. The highest BCUT2D eigenvalue weighted by atomic mass is 35.5. The van der Waals surface area contributed by atoms with E-state index in [2.05, 4.69) is 0 Å². The molecule has 4 rings (SSSR count). The van der Waals surface area contributed by atoms with Gasteiger partial charge in [-0.2, -0.15) is 4.31 Å². The zero-order valence-corrected chi connectivity index (χ0v) is 18.7. The maximum Gasteiger partial charge on any atom is 0.244 e. The minimum absolute atomic E-state index is 0.121. The topological polar surface area (TPSA) is 60.8 Å². The highest BCUT2D eigenvalue weighted by Crippen LogP contribution is 2.41. The van der Waals surface area contributed by atoms with Gasteiger partial charge < -0.3 is 14.0 Å². The van der Waals surface area contributed by atoms with Crippen LogP contribution in [0.25, 0.3) is 0 Å². The van der Waals surface area contributed by atoms with Gasteiger partial charge in [0.25, 0.3) is 0 Å². The summed E-state index contributed by atoms with van der Waals surface area (Å²) in [4.78, 5) is 0.121. The lowest BCUT2D eigenvalue weighted by Crippen LogP contribution is -2.42. The average Bonchev–Trinajstić information content (AvgIpc) is 3.21. The monoisotopic (exact) mass is 466 g/mol. The number of rotatable bonds is 5. The fraction of sp³-hybridized carbons (Fsp3) is 0.238. The Hall–Kier alpha value is -2.19. The lowest BCUT2D eigenvalue weighted by atomic mass is 10.0. The lowest BCUT2D eigenvalue weighted by Gasteiger charge is -2.36. The Kier molecular flexibility index (Phi) is 5.72. The molecule has 1 aliphatic rings. The molecule has 0 N–H and O–H groups in total. The Bertz CT molecular complexity index is 1190. The van der Waals surface area contributed by atoms with Gasteiger partial charge >= 0.3 is 0 Å². The normalized spacial score (nSPS) is 16.9. The van der Waals surface area contributed by atoms with Crippen LogP contribution in [-0.4, -0.2) is 38.1 Å². The summed E-state index contributed by atoms with van der Waals surface area (Å²) in [5.41, 5.74) is 1.51. The van der Waals surface area contributed by atoms with Gasteiger partial charge in [-0.1, -0.05) is 29.3 Å². The van der Waals surface area contributed by atoms with Gasteiger partial charge in [0.05, 0.1) is 25.2 Å². The van der Waals surface area contributed by atoms with Crippen molar-refractivity contribution < 1.29 is 17.9 Å². The second-order valence-corrected chi connectivity index (χ2v) is 9.56. The molecule has 0 radical (unpaired) electrons. The van der Waals surface area contributed by atoms with E-state index >= 15 is 0 Å². The molecule has 158 valence electrons. The van der Waals surface area contributed by atoms with Crippen molar-refractivity contribution >= 4 is 33.2 Å². The van der Waals surface area contributed by atoms with E-state index in [1.54, 1.807) is 24.3 Å². The van der Waals surface area contributed by atoms with Crippen LogP contribution in [-0.2, 0) is 16.6 Å². The molecule has 0 aliphatic carbocycles. The highest BCUT2D eigenvalue weighted by molar-refractivity contribution is 7.89. The summed E-state index contributed by atoms with van der Waals surface area (Å²) in [7, 11) is -0.898. The van der Waals surface area contributed by atoms with E-state index in [1.807, 2.05) is 22.9 Å². The molecule has 0 saturated heterocycles. The van der Waals surface area contributed by atoms with Gasteiger partial charge in [0, 0.05) is 41.1 Å². The van der Waals surface area contributed by atoms with Crippen molar-refractivity contribution in [1.82, 2.24) is 8.87 Å². The molecule has 2 aromatic carbocycles. The largest absolute Gasteiger partial charge is 0.493 e. The Morgan fingerprint density at radius 2 is 1.73 bits per heavy atom. The summed E-state index contributed by atoms with van der Waals surface area (Å²) in [5, 5.41) is 0.902. The molecule has 0 bridgehead atoms. The number of hydrogen-bond acceptors (Lipinski definition) is 4. The van der Waals surface area contributed by atoms with Gasteiger partial charge in [0.15, 0.2) is 11.5 Å². The zero-order chi connectivity index (χ0) is 21.5. The van der Waals surface area contributed by atoms with Crippen LogP contribution >= 0.6 is 23.2 Å². The van der Waals surface area contributed by atoms with Crippen LogP contribution in [0, 0.1) is 0 Å². The van der Waals surface area contributed by atoms with E-state index < -0.39 is 16.1 Å². The van der Waals surface area contributed by atoms with Gasteiger partial charge in [0.2, 0.25) is 10.0 Å². The van der Waals surface area contributed by atoms with Gasteiger partial charge in [-0.25, -0.2) is 8.42 Å². The summed E-state index contributed by atoms with van der Waals surface area (Å²) < 4.78 is 41.4. The van der Waals surface area contributed by atoms with Crippen molar-refractivity contribution in [2.45, 2.75) is 17.5 Å². The van der Waals surface area contributed by atoms with Crippen molar-refractivity contribution in [3.63, 3.8) is 0 Å². The summed E-state index contributed by atoms with van der Waals surface area (Å²) in [6, 6.07) is 12.9. The summed E-state index contributed by atoms with van der Waals surface area (Å²) >= 11 is 12.6. The third-order valence-corrected chi connectivity index (χ3v) is 7.64. The fourth-order valence-electron chi connectivity index (χ4n) is 3.77. The zero-order valence-electron chi connectivity index (χ0n) is 16.4. The van der Waals surface area contributed by atoms with E-state index in [0.717, 1.165) is 5.69 Å². The molecule has 0 spiro atoms. The summed E-state index contributed by atoms with van der Waals surface area (Å²) in [6.07, 6.45) is 1.94. The number of hydrogen-bond donors (Lipinski definition) is 0. The molecule has 2 heterocycles. The van der Waals surface area contributed by atoms with Gasteiger partial charge in [-0.3, -0.25) is 0 Å². The predicted molar refractivity (Wildman–Crippen MR) is 116 cm³/mol. The van der Waals surface area contributed by atoms with E-state index in [9.17, 15) is 8.42 Å². The van der Waals surface area contributed by atoms with Gasteiger partial charge in [0.1, 0.15) is 0 Å². The Labute approximate surface area is 185 Å². The molecule has 3 aromatic rings. The number of ether oxygens (including phenoxy) is 2. The minimum Gasteiger partial charge on any atom is -0.493 e. The number of fused-ring (bicyclic) bond motifs is 1. The number of nitrogens with zero attached hydrogens (tertiary/aromatic N) is 2. The van der Waals surface area contributed by atoms with E-state index in [4.69, 9.17) is 32.7 Å². The molecular formula is C21H20Cl2N2O4S. The van der Waals surface area contributed by atoms with E-state index in [-0.39, 0.29) is 4.90 Å². The highest BCUT2D eigenvalue weighted by Gasteiger charge is 2.38. The number of halogens is 2. The predicted octanol–water partition coefficient (Wildman–Crippen LogP) is 4.61. The molecule has 9 heteroatoms. The average molecular weight is 467 g/mol. The number of aromatic nitrogens is 1. The minimum atomic E-state index is -3.87. The first-order valence-corrected chi connectivity index (χ1v) is 11.4. The molecule has 0 fully saturated rings. The van der Waals surface area contributed by atoms with Crippen LogP contribution in [0.5, 0.6) is 11.5 Å². The van der Waals surface area contributed by atoms with E-state index in [0.29, 0.717) is 40.2 Å². The van der Waals surface area contributed by atoms with Crippen molar-refractivity contribution in [2.24, 2.45) is 0 Å². The van der Waals surface area contributed by atoms with Gasteiger partial charge in [-0.15, -0.1) is 0 Å². The Balaban J connectivity index is 1.86. The molecule has 0 saturated carbocycles. The molecular weight excluding hydrogens is 447 g/mol. The summed E-state index contributed by atoms with van der Waals surface area (Å²) in [5.74, 6) is 0.807. The molecule has 1 aliphatic heterocycles. The molecule has 6 nitrogen and oxygen atoms in total. The lowest BCUT2D eigenvalue weighted by molar-refractivity contribution is 0.298. The molecule has 1 aromatic heterocycles. The second kappa shape index (κ2) is 8.15. The van der Waals surface area contributed by atoms with Crippen molar-refractivity contribution in [1.29, 1.82) is 0 Å². The van der Waals surface area contributed by atoms with Crippen molar-refractivity contribution in [3.8, 4) is 11.5 Å². The maximum absolute atomic E-state index is 13.7. The number of benzene rings is 2. The Morgan fingerprint density at radius 3 is 2.43 bits per heavy atom. The van der Waals surface area contributed by atoms with Crippen molar-refractivity contribution in [2.75, 3.05) is 20.8 Å². The fourth-order valence-corrected chi connectivity index (χ4v) is 5.87. The maximum atomic E-state index is 13.7. The first-order chi connectivity index (χ1) is 14.4. The first kappa shape index (κ1) is 21.1. The smallest absolute Gasteiger partial charge is 0.244 e. The second-order valence-electron chi connectivity index (χ2n) is 6.83. The van der Waals surface area contributed by atoms with Crippen LogP contribution < -0.4 is 9.47 Å². The quantitative estimate of drug-likeness (QED) is 0.550. The Morgan fingerprint density at radius 1 is 0.967 bits per heavy atom. The van der Waals surface area contributed by atoms with Crippen LogP contribution in [0.15, 0.2) is 59.6 Å². The van der Waals surface area contributed by atoms with Crippen LogP contribution in [0.1, 0.15) is 17.3 Å². The number of sulfonamides is 1.